The number of nitrogens with zero attached hydrogens (tertiary/aromatic N) is 3. The van der Waals surface area contributed by atoms with Crippen LogP contribution in [0.1, 0.15) is 10.4 Å². The van der Waals surface area contributed by atoms with Gasteiger partial charge in [-0.3, -0.25) is 14.9 Å². The molecule has 1 aliphatic rings. The molecule has 3 rings (SSSR count). The first kappa shape index (κ1) is 21.2. The molecule has 0 saturated carbocycles. The molecule has 154 valence electrons. The summed E-state index contributed by atoms with van der Waals surface area (Å²) in [6.45, 7) is 2.17. The molecule has 1 N–H and O–H groups in total. The largest absolute Gasteiger partial charge is 0.322 e. The van der Waals surface area contributed by atoms with Crippen LogP contribution in [0.2, 0.25) is 5.02 Å². The lowest BCUT2D eigenvalue weighted by Crippen LogP contribution is -2.46. The molecular formula is C18H19ClN4O5S. The number of hydrogen-bond acceptors (Lipinski definition) is 6. The van der Waals surface area contributed by atoms with Crippen molar-refractivity contribution in [3.05, 3.63) is 63.2 Å². The number of amides is 1. The van der Waals surface area contributed by atoms with E-state index in [0.717, 1.165) is 6.07 Å². The molecule has 1 fully saturated rings. The van der Waals surface area contributed by atoms with Gasteiger partial charge in [-0.1, -0.05) is 11.6 Å². The summed E-state index contributed by atoms with van der Waals surface area (Å²) in [4.78, 5) is 24.9. The first-order valence-corrected chi connectivity index (χ1v) is 10.5. The Morgan fingerprint density at radius 2 is 1.72 bits per heavy atom. The number of piperazine rings is 1. The van der Waals surface area contributed by atoms with Gasteiger partial charge in [0.1, 0.15) is 0 Å². The number of non-ortho nitro benzene ring substituents is 1. The van der Waals surface area contributed by atoms with Gasteiger partial charge in [-0.15, -0.1) is 0 Å². The predicted octanol–water partition coefficient (Wildman–Crippen LogP) is 2.44. The number of sulfonamides is 1. The highest BCUT2D eigenvalue weighted by molar-refractivity contribution is 7.89. The summed E-state index contributed by atoms with van der Waals surface area (Å²) in [6.07, 6.45) is 0. The lowest BCUT2D eigenvalue weighted by Gasteiger charge is -2.31. The Labute approximate surface area is 173 Å². The van der Waals surface area contributed by atoms with Crippen LogP contribution in [0, 0.1) is 10.1 Å². The number of halogens is 1. The SMILES string of the molecule is CN1CCN(S(=O)(=O)c2ccc(NC(=O)c3cc([N+](=O)[O-])ccc3Cl)cc2)CC1. The molecule has 0 atom stereocenters. The minimum absolute atomic E-state index is 0.0463. The van der Waals surface area contributed by atoms with Crippen molar-refractivity contribution in [3.63, 3.8) is 0 Å². The third kappa shape index (κ3) is 4.73. The van der Waals surface area contributed by atoms with Crippen LogP contribution in [0.4, 0.5) is 11.4 Å². The summed E-state index contributed by atoms with van der Waals surface area (Å²) >= 11 is 5.97. The fourth-order valence-electron chi connectivity index (χ4n) is 2.89. The van der Waals surface area contributed by atoms with Crippen molar-refractivity contribution >= 4 is 38.9 Å². The van der Waals surface area contributed by atoms with Crippen molar-refractivity contribution in [1.29, 1.82) is 0 Å². The maximum Gasteiger partial charge on any atom is 0.270 e. The van der Waals surface area contributed by atoms with Crippen molar-refractivity contribution in [1.82, 2.24) is 9.21 Å². The van der Waals surface area contributed by atoms with E-state index >= 15 is 0 Å². The number of carbonyl (C=O) groups is 1. The van der Waals surface area contributed by atoms with E-state index in [0.29, 0.717) is 31.9 Å². The Morgan fingerprint density at radius 3 is 2.31 bits per heavy atom. The van der Waals surface area contributed by atoms with E-state index in [1.54, 1.807) is 0 Å². The lowest BCUT2D eigenvalue weighted by atomic mass is 10.2. The van der Waals surface area contributed by atoms with Crippen LogP contribution in [0.15, 0.2) is 47.4 Å². The number of nitro benzene ring substituents is 1. The van der Waals surface area contributed by atoms with Crippen molar-refractivity contribution in [2.24, 2.45) is 0 Å². The Morgan fingerprint density at radius 1 is 1.10 bits per heavy atom. The fourth-order valence-corrected chi connectivity index (χ4v) is 4.51. The molecule has 2 aromatic rings. The second-order valence-electron chi connectivity index (χ2n) is 6.61. The van der Waals surface area contributed by atoms with E-state index in [1.165, 1.54) is 40.7 Å². The standard InChI is InChI=1S/C18H19ClN4O5S/c1-21-8-10-22(11-9-21)29(27,28)15-5-2-13(3-6-15)20-18(24)16-12-14(23(25)26)4-7-17(16)19/h2-7,12H,8-11H2,1H3,(H,20,24). The molecular weight excluding hydrogens is 420 g/mol. The molecule has 1 saturated heterocycles. The van der Waals surface area contributed by atoms with E-state index in [4.69, 9.17) is 11.6 Å². The smallest absolute Gasteiger partial charge is 0.270 e. The highest BCUT2D eigenvalue weighted by Gasteiger charge is 2.27. The third-order valence-corrected chi connectivity index (χ3v) is 6.86. The van der Waals surface area contributed by atoms with Gasteiger partial charge in [-0.2, -0.15) is 4.31 Å². The van der Waals surface area contributed by atoms with Crippen LogP contribution >= 0.6 is 11.6 Å². The quantitative estimate of drug-likeness (QED) is 0.566. The number of nitrogens with one attached hydrogen (secondary N) is 1. The average molecular weight is 439 g/mol. The molecule has 9 nitrogen and oxygen atoms in total. The Bertz CT molecular complexity index is 1030. The summed E-state index contributed by atoms with van der Waals surface area (Å²) < 4.78 is 26.9. The minimum atomic E-state index is -3.61. The number of likely N-dealkylation sites (N-methyl/N-ethyl adjacent to an activating group) is 1. The molecule has 0 unspecified atom stereocenters. The van der Waals surface area contributed by atoms with E-state index in [1.807, 2.05) is 7.05 Å². The number of rotatable bonds is 5. The highest BCUT2D eigenvalue weighted by atomic mass is 35.5. The van der Waals surface area contributed by atoms with E-state index in [-0.39, 0.29) is 21.2 Å². The molecule has 2 aromatic carbocycles. The van der Waals surface area contributed by atoms with Crippen LogP contribution in [-0.2, 0) is 10.0 Å². The minimum Gasteiger partial charge on any atom is -0.322 e. The van der Waals surface area contributed by atoms with Crippen molar-refractivity contribution < 1.29 is 18.1 Å². The zero-order chi connectivity index (χ0) is 21.2. The summed E-state index contributed by atoms with van der Waals surface area (Å²) in [5.41, 5.74) is 0.0399. The Kier molecular flexibility index (Phi) is 6.18. The zero-order valence-electron chi connectivity index (χ0n) is 15.5. The predicted molar refractivity (Wildman–Crippen MR) is 109 cm³/mol. The average Bonchev–Trinajstić information content (AvgIpc) is 2.69. The Hall–Kier alpha value is -2.53. The summed E-state index contributed by atoms with van der Waals surface area (Å²) in [7, 11) is -1.67. The van der Waals surface area contributed by atoms with E-state index < -0.39 is 20.9 Å². The lowest BCUT2D eigenvalue weighted by molar-refractivity contribution is -0.384. The molecule has 1 heterocycles. The summed E-state index contributed by atoms with van der Waals surface area (Å²) in [6, 6.07) is 9.33. The molecule has 29 heavy (non-hydrogen) atoms. The molecule has 1 amide bonds. The van der Waals surface area contributed by atoms with Gasteiger partial charge in [0.05, 0.1) is 20.4 Å². The van der Waals surface area contributed by atoms with Crippen LogP contribution in [0.5, 0.6) is 0 Å². The maximum absolute atomic E-state index is 12.7. The number of anilines is 1. The maximum atomic E-state index is 12.7. The topological polar surface area (TPSA) is 113 Å². The Balaban J connectivity index is 1.75. The molecule has 0 aromatic heterocycles. The first-order chi connectivity index (χ1) is 13.7. The van der Waals surface area contributed by atoms with Gasteiger partial charge in [-0.25, -0.2) is 8.42 Å². The van der Waals surface area contributed by atoms with Gasteiger partial charge in [-0.05, 0) is 37.4 Å². The van der Waals surface area contributed by atoms with Crippen molar-refractivity contribution in [3.8, 4) is 0 Å². The van der Waals surface area contributed by atoms with Crippen molar-refractivity contribution in [2.45, 2.75) is 4.90 Å². The van der Waals surface area contributed by atoms with Crippen LogP contribution in [-0.4, -0.2) is 61.7 Å². The first-order valence-electron chi connectivity index (χ1n) is 8.72. The van der Waals surface area contributed by atoms with Gasteiger partial charge in [0.2, 0.25) is 10.0 Å². The summed E-state index contributed by atoms with van der Waals surface area (Å²) in [5, 5.41) is 13.5. The van der Waals surface area contributed by atoms with Crippen LogP contribution in [0.25, 0.3) is 0 Å². The molecule has 11 heteroatoms. The van der Waals surface area contributed by atoms with Gasteiger partial charge >= 0.3 is 0 Å². The normalized spacial score (nSPS) is 15.8. The van der Waals surface area contributed by atoms with Gasteiger partial charge in [0.15, 0.2) is 0 Å². The molecule has 1 aliphatic heterocycles. The fraction of sp³-hybridized carbons (Fsp3) is 0.278. The van der Waals surface area contributed by atoms with Gasteiger partial charge in [0, 0.05) is 44.0 Å². The van der Waals surface area contributed by atoms with E-state index in [9.17, 15) is 23.3 Å². The number of benzene rings is 2. The molecule has 0 aliphatic carbocycles. The second kappa shape index (κ2) is 8.46. The van der Waals surface area contributed by atoms with Crippen LogP contribution < -0.4 is 5.32 Å². The zero-order valence-corrected chi connectivity index (χ0v) is 17.1. The molecule has 0 spiro atoms. The van der Waals surface area contributed by atoms with E-state index in [2.05, 4.69) is 10.2 Å². The van der Waals surface area contributed by atoms with Crippen molar-refractivity contribution in [2.75, 3.05) is 38.5 Å². The number of carbonyl (C=O) groups excluding carboxylic acids is 1. The summed E-state index contributed by atoms with van der Waals surface area (Å²) in [5.74, 6) is -0.631. The number of hydrogen-bond donors (Lipinski definition) is 1. The van der Waals surface area contributed by atoms with Crippen LogP contribution in [0.3, 0.4) is 0 Å². The van der Waals surface area contributed by atoms with Gasteiger partial charge < -0.3 is 10.2 Å². The van der Waals surface area contributed by atoms with Gasteiger partial charge in [0.25, 0.3) is 11.6 Å². The molecule has 0 bridgehead atoms. The molecule has 0 radical (unpaired) electrons. The third-order valence-electron chi connectivity index (χ3n) is 4.62. The monoisotopic (exact) mass is 438 g/mol. The second-order valence-corrected chi connectivity index (χ2v) is 8.95. The highest BCUT2D eigenvalue weighted by Crippen LogP contribution is 2.24. The number of nitro groups is 1.